The minimum atomic E-state index is -0.429. The van der Waals surface area contributed by atoms with Crippen LogP contribution in [0.3, 0.4) is 0 Å². The smallest absolute Gasteiger partial charge is 0.280 e. The Kier molecular flexibility index (Phi) is 2.59. The Labute approximate surface area is 97.2 Å². The van der Waals surface area contributed by atoms with Crippen LogP contribution in [-0.4, -0.2) is 15.7 Å². The maximum atomic E-state index is 11.4. The molecule has 17 heavy (non-hydrogen) atoms. The highest BCUT2D eigenvalue weighted by molar-refractivity contribution is 6.07. The van der Waals surface area contributed by atoms with Crippen LogP contribution in [0.1, 0.15) is 23.0 Å². The zero-order chi connectivity index (χ0) is 12.6. The first kappa shape index (κ1) is 11.2. The van der Waals surface area contributed by atoms with E-state index in [0.29, 0.717) is 16.3 Å². The van der Waals surface area contributed by atoms with Gasteiger partial charge in [0, 0.05) is 24.1 Å². The second-order valence-corrected chi connectivity index (χ2v) is 3.80. The number of Topliss-reactive ketones (excluding diaryl/α,β-unsaturated/α-hetero) is 1. The third-order valence-electron chi connectivity index (χ3n) is 2.63. The lowest BCUT2D eigenvalue weighted by Crippen LogP contribution is -2.00. The first-order valence-electron chi connectivity index (χ1n) is 5.06. The van der Waals surface area contributed by atoms with Crippen molar-refractivity contribution in [3.63, 3.8) is 0 Å². The molecule has 0 saturated carbocycles. The SMILES string of the molecule is CC(=O)c1nccc2c([N+](=O)[O-])c(C)ccc12. The molecule has 0 saturated heterocycles. The van der Waals surface area contributed by atoms with Gasteiger partial charge in [-0.05, 0) is 13.0 Å². The molecule has 0 spiro atoms. The van der Waals surface area contributed by atoms with Crippen LogP contribution in [-0.2, 0) is 0 Å². The lowest BCUT2D eigenvalue weighted by molar-refractivity contribution is -0.383. The molecule has 0 aliphatic heterocycles. The van der Waals surface area contributed by atoms with Gasteiger partial charge in [0.25, 0.3) is 5.69 Å². The van der Waals surface area contributed by atoms with E-state index in [1.165, 1.54) is 13.1 Å². The van der Waals surface area contributed by atoms with Crippen LogP contribution < -0.4 is 0 Å². The van der Waals surface area contributed by atoms with Crippen molar-refractivity contribution in [2.24, 2.45) is 0 Å². The van der Waals surface area contributed by atoms with Crippen LogP contribution in [0.25, 0.3) is 10.8 Å². The van der Waals surface area contributed by atoms with Gasteiger partial charge >= 0.3 is 0 Å². The normalized spacial score (nSPS) is 10.5. The van der Waals surface area contributed by atoms with Gasteiger partial charge < -0.3 is 0 Å². The third kappa shape index (κ3) is 1.75. The number of nitro groups is 1. The molecule has 0 radical (unpaired) electrons. The van der Waals surface area contributed by atoms with Gasteiger partial charge in [0.05, 0.1) is 10.3 Å². The maximum Gasteiger partial charge on any atom is 0.280 e. The van der Waals surface area contributed by atoms with Crippen molar-refractivity contribution >= 4 is 22.2 Å². The molecule has 1 aromatic heterocycles. The monoisotopic (exact) mass is 230 g/mol. The van der Waals surface area contributed by atoms with Crippen LogP contribution in [0.15, 0.2) is 24.4 Å². The van der Waals surface area contributed by atoms with E-state index in [-0.39, 0.29) is 17.2 Å². The number of aromatic nitrogens is 1. The molecule has 5 heteroatoms. The Bertz CT molecular complexity index is 635. The molecule has 2 aromatic rings. The van der Waals surface area contributed by atoms with Gasteiger partial charge in [-0.2, -0.15) is 0 Å². The number of hydrogen-bond acceptors (Lipinski definition) is 4. The molecule has 1 aromatic carbocycles. The summed E-state index contributed by atoms with van der Waals surface area (Å²) in [6.07, 6.45) is 1.42. The molecular weight excluding hydrogens is 220 g/mol. The summed E-state index contributed by atoms with van der Waals surface area (Å²) in [6.45, 7) is 3.07. The molecular formula is C12H10N2O3. The summed E-state index contributed by atoms with van der Waals surface area (Å²) in [7, 11) is 0. The lowest BCUT2D eigenvalue weighted by atomic mass is 10.0. The number of carbonyl (C=O) groups excluding carboxylic acids is 1. The first-order chi connectivity index (χ1) is 8.02. The van der Waals surface area contributed by atoms with E-state index >= 15 is 0 Å². The van der Waals surface area contributed by atoms with Gasteiger partial charge in [-0.15, -0.1) is 0 Å². The number of aryl methyl sites for hydroxylation is 1. The third-order valence-corrected chi connectivity index (χ3v) is 2.63. The van der Waals surface area contributed by atoms with E-state index in [2.05, 4.69) is 4.98 Å². The van der Waals surface area contributed by atoms with Gasteiger partial charge in [-0.3, -0.25) is 19.9 Å². The standard InChI is InChI=1S/C12H10N2O3/c1-7-3-4-9-10(12(7)14(16)17)5-6-13-11(9)8(2)15/h3-6H,1-2H3. The van der Waals surface area contributed by atoms with Gasteiger partial charge in [0.15, 0.2) is 5.78 Å². The van der Waals surface area contributed by atoms with Crippen LogP contribution in [0.4, 0.5) is 5.69 Å². The number of rotatable bonds is 2. The fraction of sp³-hybridized carbons (Fsp3) is 0.167. The molecule has 86 valence electrons. The molecule has 0 N–H and O–H groups in total. The minimum Gasteiger partial charge on any atom is -0.293 e. The Morgan fingerprint density at radius 1 is 1.29 bits per heavy atom. The Balaban J connectivity index is 2.93. The van der Waals surface area contributed by atoms with Crippen LogP contribution in [0.2, 0.25) is 0 Å². The van der Waals surface area contributed by atoms with Crippen LogP contribution >= 0.6 is 0 Å². The van der Waals surface area contributed by atoms with Crippen LogP contribution in [0, 0.1) is 17.0 Å². The van der Waals surface area contributed by atoms with Gasteiger partial charge in [-0.25, -0.2) is 0 Å². The lowest BCUT2D eigenvalue weighted by Gasteiger charge is -2.05. The van der Waals surface area contributed by atoms with Crippen molar-refractivity contribution in [3.8, 4) is 0 Å². The average molecular weight is 230 g/mol. The number of hydrogen-bond donors (Lipinski definition) is 0. The minimum absolute atomic E-state index is 0.0346. The molecule has 0 aliphatic carbocycles. The number of pyridine rings is 1. The zero-order valence-corrected chi connectivity index (χ0v) is 9.43. The second kappa shape index (κ2) is 3.93. The number of carbonyl (C=O) groups is 1. The van der Waals surface area contributed by atoms with Crippen molar-refractivity contribution < 1.29 is 9.72 Å². The van der Waals surface area contributed by atoms with Crippen molar-refractivity contribution in [2.45, 2.75) is 13.8 Å². The quantitative estimate of drug-likeness (QED) is 0.451. The highest BCUT2D eigenvalue weighted by atomic mass is 16.6. The number of ketones is 1. The van der Waals surface area contributed by atoms with Crippen LogP contribution in [0.5, 0.6) is 0 Å². The summed E-state index contributed by atoms with van der Waals surface area (Å²) < 4.78 is 0. The second-order valence-electron chi connectivity index (χ2n) is 3.80. The first-order valence-corrected chi connectivity index (χ1v) is 5.06. The van der Waals surface area contributed by atoms with Gasteiger partial charge in [0.2, 0.25) is 0 Å². The molecule has 5 nitrogen and oxygen atoms in total. The maximum absolute atomic E-state index is 11.4. The summed E-state index contributed by atoms with van der Waals surface area (Å²) in [5, 5.41) is 12.0. The summed E-state index contributed by atoms with van der Waals surface area (Å²) in [6, 6.07) is 4.89. The van der Waals surface area contributed by atoms with E-state index in [9.17, 15) is 14.9 Å². The molecule has 0 fully saturated rings. The number of fused-ring (bicyclic) bond motifs is 1. The number of benzene rings is 1. The highest BCUT2D eigenvalue weighted by Gasteiger charge is 2.18. The molecule has 0 amide bonds. The predicted molar refractivity (Wildman–Crippen MR) is 63.1 cm³/mol. The van der Waals surface area contributed by atoms with E-state index < -0.39 is 4.92 Å². The zero-order valence-electron chi connectivity index (χ0n) is 9.43. The van der Waals surface area contributed by atoms with Gasteiger partial charge in [-0.1, -0.05) is 12.1 Å². The average Bonchev–Trinajstić information content (AvgIpc) is 2.26. The summed E-state index contributed by atoms with van der Waals surface area (Å²) >= 11 is 0. The topological polar surface area (TPSA) is 73.1 Å². The summed E-state index contributed by atoms with van der Waals surface area (Å²) in [5.74, 6) is -0.200. The summed E-state index contributed by atoms with van der Waals surface area (Å²) in [5.41, 5.74) is 0.876. The van der Waals surface area contributed by atoms with Gasteiger partial charge in [0.1, 0.15) is 5.69 Å². The van der Waals surface area contributed by atoms with E-state index in [4.69, 9.17) is 0 Å². The molecule has 0 aliphatic rings. The fourth-order valence-electron chi connectivity index (χ4n) is 1.87. The predicted octanol–water partition coefficient (Wildman–Crippen LogP) is 2.65. The van der Waals surface area contributed by atoms with Crippen molar-refractivity contribution in [2.75, 3.05) is 0 Å². The largest absolute Gasteiger partial charge is 0.293 e. The summed E-state index contributed by atoms with van der Waals surface area (Å²) in [4.78, 5) is 25.9. The fourth-order valence-corrected chi connectivity index (χ4v) is 1.87. The van der Waals surface area contributed by atoms with Crippen molar-refractivity contribution in [1.29, 1.82) is 0 Å². The van der Waals surface area contributed by atoms with E-state index in [0.717, 1.165) is 0 Å². The van der Waals surface area contributed by atoms with E-state index in [1.807, 2.05) is 0 Å². The Morgan fingerprint density at radius 3 is 2.59 bits per heavy atom. The molecule has 2 rings (SSSR count). The molecule has 1 heterocycles. The Hall–Kier alpha value is -2.30. The van der Waals surface area contributed by atoms with Crippen molar-refractivity contribution in [3.05, 3.63) is 45.8 Å². The number of nitrogens with zero attached hydrogens (tertiary/aromatic N) is 2. The number of nitro benzene ring substituents is 1. The van der Waals surface area contributed by atoms with Crippen molar-refractivity contribution in [1.82, 2.24) is 4.98 Å². The molecule has 0 atom stereocenters. The highest BCUT2D eigenvalue weighted by Crippen LogP contribution is 2.30. The Morgan fingerprint density at radius 2 is 2.00 bits per heavy atom. The molecule has 0 unspecified atom stereocenters. The van der Waals surface area contributed by atoms with E-state index in [1.54, 1.807) is 25.1 Å². The molecule has 0 bridgehead atoms.